The molecular weight excluding hydrogens is 385 g/mol. The molecule has 0 amide bonds. The molecule has 3 rings (SSSR count). The Labute approximate surface area is 166 Å². The maximum Gasteiger partial charge on any atom is 0.311 e. The first kappa shape index (κ1) is 19.9. The second kappa shape index (κ2) is 7.28. The summed E-state index contributed by atoms with van der Waals surface area (Å²) in [5, 5.41) is 20.4. The molecule has 0 saturated heterocycles. The van der Waals surface area contributed by atoms with E-state index in [1.807, 2.05) is 0 Å². The number of benzene rings is 2. The zero-order valence-electron chi connectivity index (χ0n) is 15.5. The van der Waals surface area contributed by atoms with Gasteiger partial charge in [-0.15, -0.1) is 0 Å². The van der Waals surface area contributed by atoms with E-state index in [1.165, 1.54) is 10.6 Å². The van der Waals surface area contributed by atoms with Crippen molar-refractivity contribution in [3.8, 4) is 5.75 Å². The van der Waals surface area contributed by atoms with E-state index in [-0.39, 0.29) is 11.4 Å². The number of nitrogens with zero attached hydrogens (tertiary/aromatic N) is 1. The fourth-order valence-electron chi connectivity index (χ4n) is 3.57. The maximum atomic E-state index is 14.1. The first-order chi connectivity index (χ1) is 13.1. The monoisotopic (exact) mass is 403 g/mol. The van der Waals surface area contributed by atoms with Gasteiger partial charge in [0.15, 0.2) is 11.6 Å². The summed E-state index contributed by atoms with van der Waals surface area (Å²) in [6, 6.07) is 8.45. The van der Waals surface area contributed by atoms with Crippen molar-refractivity contribution in [1.29, 1.82) is 0 Å². The average molecular weight is 404 g/mol. The Hall–Kier alpha value is -2.86. The highest BCUT2D eigenvalue weighted by Crippen LogP contribution is 2.38. The van der Waals surface area contributed by atoms with E-state index < -0.39 is 29.4 Å². The van der Waals surface area contributed by atoms with E-state index >= 15 is 0 Å². The molecule has 3 aromatic rings. The smallest absolute Gasteiger partial charge is 0.311 e. The molecule has 0 aliphatic rings. The van der Waals surface area contributed by atoms with Gasteiger partial charge in [0.2, 0.25) is 0 Å². The summed E-state index contributed by atoms with van der Waals surface area (Å²) < 4.78 is 15.4. The molecule has 5 nitrogen and oxygen atoms in total. The molecule has 1 unspecified atom stereocenters. The van der Waals surface area contributed by atoms with Crippen molar-refractivity contribution < 1.29 is 24.2 Å². The van der Waals surface area contributed by atoms with Crippen LogP contribution in [0.3, 0.4) is 0 Å². The van der Waals surface area contributed by atoms with Gasteiger partial charge >= 0.3 is 5.97 Å². The van der Waals surface area contributed by atoms with Gasteiger partial charge in [-0.25, -0.2) is 4.39 Å². The minimum atomic E-state index is -1.06. The second-order valence-corrected chi connectivity index (χ2v) is 7.46. The highest BCUT2D eigenvalue weighted by Gasteiger charge is 2.32. The van der Waals surface area contributed by atoms with Crippen LogP contribution in [0, 0.1) is 18.7 Å². The molecule has 146 valence electrons. The summed E-state index contributed by atoms with van der Waals surface area (Å²) in [4.78, 5) is 25.1. The fourth-order valence-corrected chi connectivity index (χ4v) is 3.69. The standard InChI is InChI=1S/C21H19ClFNO4/c1-10(2)18(21(27)28)19-11(3)24(16-9-15(23)17(25)8-14(16)19)20(26)12-4-6-13(22)7-5-12/h4-10,18,25H,1-3H3,(H,27,28). The van der Waals surface area contributed by atoms with Crippen LogP contribution in [-0.4, -0.2) is 26.7 Å². The van der Waals surface area contributed by atoms with Crippen LogP contribution in [0.4, 0.5) is 4.39 Å². The Bertz CT molecular complexity index is 1090. The number of phenolic OH excluding ortho intramolecular Hbond substituents is 1. The van der Waals surface area contributed by atoms with Crippen LogP contribution in [0.2, 0.25) is 5.02 Å². The zero-order chi connectivity index (χ0) is 20.7. The minimum Gasteiger partial charge on any atom is -0.505 e. The maximum absolute atomic E-state index is 14.1. The normalized spacial score (nSPS) is 12.5. The number of rotatable bonds is 4. The van der Waals surface area contributed by atoms with Gasteiger partial charge in [-0.3, -0.25) is 14.2 Å². The molecule has 0 spiro atoms. The molecule has 1 aromatic heterocycles. The predicted octanol–water partition coefficient (Wildman–Crippen LogP) is 4.96. The summed E-state index contributed by atoms with van der Waals surface area (Å²) >= 11 is 5.88. The van der Waals surface area contributed by atoms with Crippen LogP contribution in [0.15, 0.2) is 36.4 Å². The lowest BCUT2D eigenvalue weighted by atomic mass is 9.86. The number of aromatic hydroxyl groups is 1. The van der Waals surface area contributed by atoms with E-state index in [2.05, 4.69) is 0 Å². The Balaban J connectivity index is 2.36. The van der Waals surface area contributed by atoms with Crippen molar-refractivity contribution in [3.05, 3.63) is 64.1 Å². The Morgan fingerprint density at radius 1 is 1.14 bits per heavy atom. The van der Waals surface area contributed by atoms with Crippen molar-refractivity contribution in [1.82, 2.24) is 4.57 Å². The largest absolute Gasteiger partial charge is 0.505 e. The van der Waals surface area contributed by atoms with E-state index in [9.17, 15) is 24.2 Å². The van der Waals surface area contributed by atoms with Gasteiger partial charge in [0, 0.05) is 27.7 Å². The van der Waals surface area contributed by atoms with Gasteiger partial charge in [0.05, 0.1) is 11.4 Å². The number of carboxylic acids is 1. The summed E-state index contributed by atoms with van der Waals surface area (Å²) in [7, 11) is 0. The number of hydrogen-bond donors (Lipinski definition) is 2. The first-order valence-electron chi connectivity index (χ1n) is 8.70. The Kier molecular flexibility index (Phi) is 5.17. The lowest BCUT2D eigenvalue weighted by Gasteiger charge is -2.17. The van der Waals surface area contributed by atoms with Crippen LogP contribution in [0.1, 0.15) is 41.4 Å². The van der Waals surface area contributed by atoms with Gasteiger partial charge in [-0.2, -0.15) is 0 Å². The number of hydrogen-bond acceptors (Lipinski definition) is 3. The Morgan fingerprint density at radius 2 is 1.75 bits per heavy atom. The van der Waals surface area contributed by atoms with Crippen molar-refractivity contribution in [2.75, 3.05) is 0 Å². The van der Waals surface area contributed by atoms with E-state index in [0.29, 0.717) is 27.2 Å². The fraction of sp³-hybridized carbons (Fsp3) is 0.238. The first-order valence-corrected chi connectivity index (χ1v) is 9.07. The number of fused-ring (bicyclic) bond motifs is 1. The lowest BCUT2D eigenvalue weighted by Crippen LogP contribution is -2.19. The van der Waals surface area contributed by atoms with Crippen LogP contribution in [0.5, 0.6) is 5.75 Å². The molecule has 1 atom stereocenters. The summed E-state index contributed by atoms with van der Waals surface area (Å²) in [5.41, 5.74) is 1.30. The summed E-state index contributed by atoms with van der Waals surface area (Å²) in [6.07, 6.45) is 0. The zero-order valence-corrected chi connectivity index (χ0v) is 16.3. The number of halogens is 2. The van der Waals surface area contributed by atoms with E-state index in [4.69, 9.17) is 11.6 Å². The van der Waals surface area contributed by atoms with E-state index in [0.717, 1.165) is 6.07 Å². The quantitative estimate of drug-likeness (QED) is 0.645. The SMILES string of the molecule is Cc1c(C(C(=O)O)C(C)C)c2cc(O)c(F)cc2n1C(=O)c1ccc(Cl)cc1. The van der Waals surface area contributed by atoms with Crippen LogP contribution < -0.4 is 0 Å². The van der Waals surface area contributed by atoms with Crippen LogP contribution in [-0.2, 0) is 4.79 Å². The Morgan fingerprint density at radius 3 is 2.29 bits per heavy atom. The van der Waals surface area contributed by atoms with Crippen molar-refractivity contribution in [3.63, 3.8) is 0 Å². The van der Waals surface area contributed by atoms with Gasteiger partial charge in [-0.1, -0.05) is 25.4 Å². The number of carbonyl (C=O) groups is 2. The molecule has 0 aliphatic carbocycles. The number of aliphatic carboxylic acids is 1. The molecular formula is C21H19ClFNO4. The third kappa shape index (κ3) is 3.24. The molecule has 0 aliphatic heterocycles. The van der Waals surface area contributed by atoms with Gasteiger partial charge in [0.25, 0.3) is 5.91 Å². The van der Waals surface area contributed by atoms with Gasteiger partial charge in [-0.05, 0) is 48.7 Å². The molecule has 0 fully saturated rings. The molecule has 0 radical (unpaired) electrons. The van der Waals surface area contributed by atoms with Crippen molar-refractivity contribution >= 4 is 34.4 Å². The van der Waals surface area contributed by atoms with Gasteiger partial charge in [0.1, 0.15) is 0 Å². The van der Waals surface area contributed by atoms with Crippen molar-refractivity contribution in [2.45, 2.75) is 26.7 Å². The number of aromatic nitrogens is 1. The van der Waals surface area contributed by atoms with E-state index in [1.54, 1.807) is 45.0 Å². The predicted molar refractivity (Wildman–Crippen MR) is 105 cm³/mol. The highest BCUT2D eigenvalue weighted by atomic mass is 35.5. The van der Waals surface area contributed by atoms with Crippen LogP contribution in [0.25, 0.3) is 10.9 Å². The number of carbonyl (C=O) groups excluding carboxylic acids is 1. The molecule has 2 aromatic carbocycles. The van der Waals surface area contributed by atoms with Crippen LogP contribution >= 0.6 is 11.6 Å². The second-order valence-electron chi connectivity index (χ2n) is 7.03. The highest BCUT2D eigenvalue weighted by molar-refractivity contribution is 6.30. The molecule has 1 heterocycles. The minimum absolute atomic E-state index is 0.203. The molecule has 0 saturated carbocycles. The van der Waals surface area contributed by atoms with Gasteiger partial charge < -0.3 is 10.2 Å². The number of carboxylic acid groups (broad SMARTS) is 1. The topological polar surface area (TPSA) is 79.5 Å². The third-order valence-electron chi connectivity index (χ3n) is 4.86. The third-order valence-corrected chi connectivity index (χ3v) is 5.11. The number of phenols is 1. The lowest BCUT2D eigenvalue weighted by molar-refractivity contribution is -0.139. The molecule has 28 heavy (non-hydrogen) atoms. The molecule has 7 heteroatoms. The molecule has 0 bridgehead atoms. The van der Waals surface area contributed by atoms with Crippen molar-refractivity contribution in [2.24, 2.45) is 5.92 Å². The summed E-state index contributed by atoms with van der Waals surface area (Å²) in [5.74, 6) is -4.20. The molecule has 2 N–H and O–H groups in total. The summed E-state index contributed by atoms with van der Waals surface area (Å²) in [6.45, 7) is 5.13. The average Bonchev–Trinajstić information content (AvgIpc) is 2.87.